The molecule has 33 heavy (non-hydrogen) atoms. The third kappa shape index (κ3) is 6.68. The van der Waals surface area contributed by atoms with Gasteiger partial charge in [-0.15, -0.1) is 0 Å². The van der Waals surface area contributed by atoms with Crippen molar-refractivity contribution in [3.05, 3.63) is 71.8 Å². The Morgan fingerprint density at radius 3 is 1.52 bits per heavy atom. The highest BCUT2D eigenvalue weighted by Crippen LogP contribution is 2.44. The van der Waals surface area contributed by atoms with Crippen LogP contribution in [0.4, 0.5) is 0 Å². The van der Waals surface area contributed by atoms with Crippen LogP contribution < -0.4 is 0 Å². The molecule has 2 saturated heterocycles. The molecule has 2 aromatic carbocycles. The largest absolute Gasteiger partial charge is 0.349 e. The minimum Gasteiger partial charge on any atom is -0.349 e. The van der Waals surface area contributed by atoms with Crippen LogP contribution in [0.3, 0.4) is 0 Å². The van der Waals surface area contributed by atoms with Gasteiger partial charge in [0.15, 0.2) is 11.6 Å². The predicted molar refractivity (Wildman–Crippen MR) is 134 cm³/mol. The second-order valence-electron chi connectivity index (χ2n) is 10.2. The van der Waals surface area contributed by atoms with Crippen LogP contribution >= 0.6 is 0 Å². The second-order valence-corrected chi connectivity index (χ2v) is 10.2. The van der Waals surface area contributed by atoms with Crippen LogP contribution in [0.1, 0.15) is 76.3 Å². The SMILES string of the molecule is CCCC1CCOC(Cc2ccccc2)(OC2(Cc3ccccc3)CC(CCC)CCO2)C1. The molecule has 3 heteroatoms. The molecular weight excluding hydrogens is 408 g/mol. The van der Waals surface area contributed by atoms with E-state index in [9.17, 15) is 0 Å². The lowest BCUT2D eigenvalue weighted by Crippen LogP contribution is -2.55. The van der Waals surface area contributed by atoms with Crippen molar-refractivity contribution in [2.24, 2.45) is 11.8 Å². The fourth-order valence-corrected chi connectivity index (χ4v) is 5.95. The van der Waals surface area contributed by atoms with Gasteiger partial charge in [-0.05, 0) is 35.8 Å². The van der Waals surface area contributed by atoms with Gasteiger partial charge >= 0.3 is 0 Å². The molecule has 0 radical (unpaired) electrons. The van der Waals surface area contributed by atoms with Crippen LogP contribution in [-0.2, 0) is 27.1 Å². The molecule has 0 amide bonds. The summed E-state index contributed by atoms with van der Waals surface area (Å²) in [6.45, 7) is 6.09. The van der Waals surface area contributed by atoms with Crippen LogP contribution in [0, 0.1) is 11.8 Å². The molecule has 4 unspecified atom stereocenters. The van der Waals surface area contributed by atoms with Crippen molar-refractivity contribution in [2.45, 2.75) is 89.6 Å². The molecule has 4 rings (SSSR count). The van der Waals surface area contributed by atoms with E-state index in [-0.39, 0.29) is 0 Å². The third-order valence-electron chi connectivity index (χ3n) is 7.38. The van der Waals surface area contributed by atoms with E-state index in [0.29, 0.717) is 11.8 Å². The highest BCUT2D eigenvalue weighted by atomic mass is 16.8. The Labute approximate surface area is 200 Å². The quantitative estimate of drug-likeness (QED) is 0.379. The van der Waals surface area contributed by atoms with Gasteiger partial charge in [0.2, 0.25) is 0 Å². The van der Waals surface area contributed by atoms with Crippen molar-refractivity contribution >= 4 is 0 Å². The van der Waals surface area contributed by atoms with Crippen LogP contribution in [0.25, 0.3) is 0 Å². The fourth-order valence-electron chi connectivity index (χ4n) is 5.95. The smallest absolute Gasteiger partial charge is 0.175 e. The number of ether oxygens (including phenoxy) is 3. The number of hydrogen-bond acceptors (Lipinski definition) is 3. The molecule has 0 N–H and O–H groups in total. The zero-order valence-corrected chi connectivity index (χ0v) is 20.6. The Morgan fingerprint density at radius 1 is 0.697 bits per heavy atom. The number of hydrogen-bond donors (Lipinski definition) is 0. The van der Waals surface area contributed by atoms with Crippen molar-refractivity contribution in [1.82, 2.24) is 0 Å². The van der Waals surface area contributed by atoms with Gasteiger partial charge in [0.1, 0.15) is 0 Å². The Balaban J connectivity index is 1.65. The molecule has 2 fully saturated rings. The van der Waals surface area contributed by atoms with Gasteiger partial charge in [0.05, 0.1) is 13.2 Å². The van der Waals surface area contributed by atoms with Crippen LogP contribution in [0.2, 0.25) is 0 Å². The minimum absolute atomic E-state index is 0.635. The van der Waals surface area contributed by atoms with Gasteiger partial charge in [-0.3, -0.25) is 0 Å². The number of benzene rings is 2. The zero-order chi connectivity index (χ0) is 23.0. The van der Waals surface area contributed by atoms with Crippen molar-refractivity contribution < 1.29 is 14.2 Å². The van der Waals surface area contributed by atoms with E-state index in [4.69, 9.17) is 14.2 Å². The summed E-state index contributed by atoms with van der Waals surface area (Å²) in [4.78, 5) is 0. The van der Waals surface area contributed by atoms with Gasteiger partial charge in [-0.25, -0.2) is 0 Å². The summed E-state index contributed by atoms with van der Waals surface area (Å²) in [7, 11) is 0. The number of rotatable bonds is 10. The Kier molecular flexibility index (Phi) is 8.62. The molecule has 2 aliphatic rings. The minimum atomic E-state index is -0.637. The van der Waals surface area contributed by atoms with Gasteiger partial charge in [-0.1, -0.05) is 100 Å². The third-order valence-corrected chi connectivity index (χ3v) is 7.38. The molecule has 2 heterocycles. The predicted octanol–water partition coefficient (Wildman–Crippen LogP) is 7.33. The Morgan fingerprint density at radius 2 is 1.12 bits per heavy atom. The summed E-state index contributed by atoms with van der Waals surface area (Å²) in [6, 6.07) is 21.4. The van der Waals surface area contributed by atoms with E-state index in [2.05, 4.69) is 74.5 Å². The first-order valence-corrected chi connectivity index (χ1v) is 13.2. The average Bonchev–Trinajstić information content (AvgIpc) is 2.81. The van der Waals surface area contributed by atoms with Crippen LogP contribution in [-0.4, -0.2) is 24.8 Å². The van der Waals surface area contributed by atoms with Crippen molar-refractivity contribution in [3.8, 4) is 0 Å². The molecule has 0 spiro atoms. The molecule has 0 bridgehead atoms. The van der Waals surface area contributed by atoms with Gasteiger partial charge in [-0.2, -0.15) is 0 Å². The van der Waals surface area contributed by atoms with Crippen molar-refractivity contribution in [1.29, 1.82) is 0 Å². The van der Waals surface area contributed by atoms with Crippen molar-refractivity contribution in [3.63, 3.8) is 0 Å². The van der Waals surface area contributed by atoms with E-state index >= 15 is 0 Å². The van der Waals surface area contributed by atoms with Gasteiger partial charge in [0, 0.05) is 25.7 Å². The summed E-state index contributed by atoms with van der Waals surface area (Å²) in [5.74, 6) is -0.00230. The van der Waals surface area contributed by atoms with Crippen molar-refractivity contribution in [2.75, 3.05) is 13.2 Å². The van der Waals surface area contributed by atoms with E-state index in [1.165, 1.54) is 36.8 Å². The summed E-state index contributed by atoms with van der Waals surface area (Å²) in [5, 5.41) is 0. The maximum absolute atomic E-state index is 7.22. The lowest BCUT2D eigenvalue weighted by atomic mass is 9.84. The first-order valence-electron chi connectivity index (χ1n) is 13.2. The van der Waals surface area contributed by atoms with Gasteiger partial charge in [0.25, 0.3) is 0 Å². The van der Waals surface area contributed by atoms with Gasteiger partial charge < -0.3 is 14.2 Å². The molecule has 4 atom stereocenters. The van der Waals surface area contributed by atoms with E-state index in [1.54, 1.807) is 0 Å². The monoisotopic (exact) mass is 450 g/mol. The van der Waals surface area contributed by atoms with E-state index < -0.39 is 11.6 Å². The van der Waals surface area contributed by atoms with E-state index in [1.807, 2.05) is 0 Å². The lowest BCUT2D eigenvalue weighted by molar-refractivity contribution is -0.384. The average molecular weight is 451 g/mol. The topological polar surface area (TPSA) is 27.7 Å². The molecule has 0 saturated carbocycles. The van der Waals surface area contributed by atoms with E-state index in [0.717, 1.165) is 51.7 Å². The summed E-state index contributed by atoms with van der Waals surface area (Å²) >= 11 is 0. The highest BCUT2D eigenvalue weighted by Gasteiger charge is 2.48. The standard InChI is InChI=1S/C30H42O3/c1-3-11-25-17-19-31-29(21-25,23-27-13-7-5-8-14-27)33-30(24-28-15-9-6-10-16-28)22-26(12-4-2)18-20-32-30/h5-10,13-16,25-26H,3-4,11-12,17-24H2,1-2H3. The molecule has 0 aliphatic carbocycles. The molecule has 0 aromatic heterocycles. The zero-order valence-electron chi connectivity index (χ0n) is 20.6. The molecule has 2 aliphatic heterocycles. The maximum Gasteiger partial charge on any atom is 0.175 e. The second kappa shape index (κ2) is 11.6. The first-order chi connectivity index (χ1) is 16.1. The molecule has 3 nitrogen and oxygen atoms in total. The maximum atomic E-state index is 7.22. The Bertz CT molecular complexity index is 749. The first kappa shape index (κ1) is 24.4. The van der Waals surface area contributed by atoms with Crippen LogP contribution in [0.5, 0.6) is 0 Å². The molecule has 180 valence electrons. The molecule has 2 aromatic rings. The molecular formula is C30H42O3. The summed E-state index contributed by atoms with van der Waals surface area (Å²) < 4.78 is 20.4. The normalized spacial score (nSPS) is 30.2. The highest BCUT2D eigenvalue weighted by molar-refractivity contribution is 5.18. The lowest BCUT2D eigenvalue weighted by Gasteiger charge is -2.49. The fraction of sp³-hybridized carbons (Fsp3) is 0.600. The summed E-state index contributed by atoms with van der Waals surface area (Å²) in [6.07, 6.45) is 10.5. The van der Waals surface area contributed by atoms with Crippen LogP contribution in [0.15, 0.2) is 60.7 Å². The summed E-state index contributed by atoms with van der Waals surface area (Å²) in [5.41, 5.74) is 2.54. The Hall–Kier alpha value is -1.68.